The lowest BCUT2D eigenvalue weighted by molar-refractivity contribution is -0.111. The normalized spacial score (nSPS) is 22.8. The van der Waals surface area contributed by atoms with E-state index in [2.05, 4.69) is 14.8 Å². The molecule has 2 saturated heterocycles. The lowest BCUT2D eigenvalue weighted by atomic mass is 9.93. The Morgan fingerprint density at radius 3 is 2.78 bits per heavy atom. The summed E-state index contributed by atoms with van der Waals surface area (Å²) in [6.07, 6.45) is 10.2. The van der Waals surface area contributed by atoms with Gasteiger partial charge >= 0.3 is 0 Å². The highest BCUT2D eigenvalue weighted by Gasteiger charge is 2.31. The number of aliphatic imine (C=N–C) groups is 1. The van der Waals surface area contributed by atoms with Crippen molar-refractivity contribution in [1.82, 2.24) is 4.90 Å². The van der Waals surface area contributed by atoms with Gasteiger partial charge in [-0.05, 0) is 88.2 Å². The van der Waals surface area contributed by atoms with Gasteiger partial charge in [0.05, 0.1) is 22.2 Å². The molecule has 3 aliphatic rings. The summed E-state index contributed by atoms with van der Waals surface area (Å²) >= 11 is 1.51. The van der Waals surface area contributed by atoms with Gasteiger partial charge in [0.2, 0.25) is 0 Å². The molecule has 7 heteroatoms. The number of halogens is 1. The van der Waals surface area contributed by atoms with Crippen molar-refractivity contribution < 1.29 is 14.0 Å². The molecule has 36 heavy (non-hydrogen) atoms. The third kappa shape index (κ3) is 5.47. The first-order valence-electron chi connectivity index (χ1n) is 13.5. The van der Waals surface area contributed by atoms with Gasteiger partial charge in [0, 0.05) is 36.1 Å². The average Bonchev–Trinajstić information content (AvgIpc) is 3.65. The zero-order chi connectivity index (χ0) is 25.1. The number of nitrogens with zero attached hydrogens (tertiary/aromatic N) is 3. The molecule has 0 aliphatic carbocycles. The van der Waals surface area contributed by atoms with E-state index in [1.54, 1.807) is 12.3 Å². The van der Waals surface area contributed by atoms with E-state index < -0.39 is 0 Å². The number of fused-ring (bicyclic) bond motifs is 1. The number of carbonyl (C=O) groups excluding carboxylic acids is 2. The predicted molar refractivity (Wildman–Crippen MR) is 145 cm³/mol. The Hall–Kier alpha value is -2.38. The van der Waals surface area contributed by atoms with Gasteiger partial charge in [-0.15, -0.1) is 11.3 Å². The molecule has 5 nitrogen and oxygen atoms in total. The van der Waals surface area contributed by atoms with Crippen LogP contribution in [0, 0.1) is 17.7 Å². The molecule has 5 rings (SSSR count). The molecular formula is C29H36FN3O2S. The van der Waals surface area contributed by atoms with Crippen LogP contribution in [0.3, 0.4) is 0 Å². The second-order valence-electron chi connectivity index (χ2n) is 10.5. The highest BCUT2D eigenvalue weighted by atomic mass is 32.1. The summed E-state index contributed by atoms with van der Waals surface area (Å²) in [5.41, 5.74) is 2.37. The fourth-order valence-corrected chi connectivity index (χ4v) is 6.91. The van der Waals surface area contributed by atoms with E-state index in [4.69, 9.17) is 0 Å². The zero-order valence-corrected chi connectivity index (χ0v) is 21.9. The molecule has 0 amide bonds. The van der Waals surface area contributed by atoms with E-state index in [1.165, 1.54) is 37.3 Å². The maximum Gasteiger partial charge on any atom is 0.183 e. The molecule has 2 aromatic rings. The molecule has 3 aliphatic heterocycles. The summed E-state index contributed by atoms with van der Waals surface area (Å²) in [6, 6.07) is 8.11. The van der Waals surface area contributed by atoms with Gasteiger partial charge in [0.15, 0.2) is 5.78 Å². The fraction of sp³-hybridized carbons (Fsp3) is 0.552. The minimum absolute atomic E-state index is 0.0693. The molecule has 0 N–H and O–H groups in total. The SMILES string of the molecule is CCC(C=O)CCc1cc2c(s1)C(=O)C(CCc1ccc(N3CC[C@@H](N4CCCC4)C3)c(F)c1)C=N2. The van der Waals surface area contributed by atoms with Crippen LogP contribution in [-0.4, -0.2) is 55.4 Å². The van der Waals surface area contributed by atoms with Crippen LogP contribution < -0.4 is 4.90 Å². The van der Waals surface area contributed by atoms with E-state index in [1.807, 2.05) is 25.1 Å². The molecule has 192 valence electrons. The van der Waals surface area contributed by atoms with Gasteiger partial charge < -0.3 is 9.69 Å². The summed E-state index contributed by atoms with van der Waals surface area (Å²) in [7, 11) is 0. The van der Waals surface area contributed by atoms with Crippen LogP contribution in [0.25, 0.3) is 0 Å². The molecule has 4 heterocycles. The first-order chi connectivity index (χ1) is 17.6. The van der Waals surface area contributed by atoms with Gasteiger partial charge in [0.1, 0.15) is 12.1 Å². The van der Waals surface area contributed by atoms with Crippen molar-refractivity contribution in [3.63, 3.8) is 0 Å². The van der Waals surface area contributed by atoms with E-state index in [9.17, 15) is 9.59 Å². The van der Waals surface area contributed by atoms with Gasteiger partial charge in [-0.25, -0.2) is 4.39 Å². The third-order valence-electron chi connectivity index (χ3n) is 8.11. The third-order valence-corrected chi connectivity index (χ3v) is 9.31. The smallest absolute Gasteiger partial charge is 0.183 e. The van der Waals surface area contributed by atoms with Crippen LogP contribution in [0.5, 0.6) is 0 Å². The number of aryl methyl sites for hydroxylation is 2. The van der Waals surface area contributed by atoms with Crippen LogP contribution in [0.1, 0.15) is 65.6 Å². The molecule has 0 saturated carbocycles. The Morgan fingerprint density at radius 1 is 1.19 bits per heavy atom. The molecule has 2 unspecified atom stereocenters. The number of benzene rings is 1. The summed E-state index contributed by atoms with van der Waals surface area (Å²) in [6.45, 7) is 6.19. The number of likely N-dealkylation sites (tertiary alicyclic amines) is 1. The number of hydrogen-bond donors (Lipinski definition) is 0. The van der Waals surface area contributed by atoms with E-state index in [0.717, 1.165) is 66.1 Å². The Morgan fingerprint density at radius 2 is 2.03 bits per heavy atom. The predicted octanol–water partition coefficient (Wildman–Crippen LogP) is 5.87. The van der Waals surface area contributed by atoms with E-state index >= 15 is 4.39 Å². The van der Waals surface area contributed by atoms with Crippen LogP contribution in [0.4, 0.5) is 15.8 Å². The summed E-state index contributed by atoms with van der Waals surface area (Å²) in [5, 5.41) is 0. The molecular weight excluding hydrogens is 473 g/mol. The van der Waals surface area contributed by atoms with Crippen LogP contribution >= 0.6 is 11.3 Å². The van der Waals surface area contributed by atoms with Gasteiger partial charge in [-0.3, -0.25) is 14.7 Å². The minimum Gasteiger partial charge on any atom is -0.368 e. The van der Waals surface area contributed by atoms with Crippen molar-refractivity contribution in [3.05, 3.63) is 45.4 Å². The second-order valence-corrected chi connectivity index (χ2v) is 11.6. The number of ketones is 1. The Kier molecular flexibility index (Phi) is 7.96. The minimum atomic E-state index is -0.273. The first-order valence-corrected chi connectivity index (χ1v) is 14.3. The number of rotatable bonds is 10. The van der Waals surface area contributed by atoms with Crippen molar-refractivity contribution in [3.8, 4) is 0 Å². The zero-order valence-electron chi connectivity index (χ0n) is 21.1. The quantitative estimate of drug-likeness (QED) is 0.376. The van der Waals surface area contributed by atoms with Crippen molar-refractivity contribution in [2.75, 3.05) is 31.1 Å². The second kappa shape index (κ2) is 11.3. The highest BCUT2D eigenvalue weighted by Crippen LogP contribution is 2.36. The number of anilines is 1. The number of Topliss-reactive ketones (excluding diaryl/α,β-unsaturated/α-hetero) is 1. The lowest BCUT2D eigenvalue weighted by Gasteiger charge is -2.25. The van der Waals surface area contributed by atoms with Gasteiger partial charge in [-0.2, -0.15) is 0 Å². The maximum atomic E-state index is 15.1. The first kappa shape index (κ1) is 25.3. The number of thiophene rings is 1. The van der Waals surface area contributed by atoms with Crippen molar-refractivity contribution in [2.45, 2.75) is 64.3 Å². The Labute approximate surface area is 217 Å². The number of carbonyl (C=O) groups is 2. The molecule has 0 spiro atoms. The number of aldehydes is 1. The van der Waals surface area contributed by atoms with Crippen molar-refractivity contribution >= 4 is 41.0 Å². The Bertz CT molecular complexity index is 1120. The van der Waals surface area contributed by atoms with Crippen LogP contribution in [0.15, 0.2) is 29.3 Å². The van der Waals surface area contributed by atoms with Crippen LogP contribution in [0.2, 0.25) is 0 Å². The number of hydrogen-bond acceptors (Lipinski definition) is 6. The van der Waals surface area contributed by atoms with Crippen molar-refractivity contribution in [2.24, 2.45) is 16.8 Å². The van der Waals surface area contributed by atoms with Gasteiger partial charge in [0.25, 0.3) is 0 Å². The highest BCUT2D eigenvalue weighted by molar-refractivity contribution is 7.14. The molecule has 0 radical (unpaired) electrons. The molecule has 1 aromatic carbocycles. The van der Waals surface area contributed by atoms with Crippen LogP contribution in [-0.2, 0) is 17.6 Å². The summed E-state index contributed by atoms with van der Waals surface area (Å²) < 4.78 is 15.1. The average molecular weight is 510 g/mol. The lowest BCUT2D eigenvalue weighted by Crippen LogP contribution is -2.35. The fourth-order valence-electron chi connectivity index (χ4n) is 5.78. The largest absolute Gasteiger partial charge is 0.368 e. The topological polar surface area (TPSA) is 53.0 Å². The van der Waals surface area contributed by atoms with E-state index in [-0.39, 0.29) is 23.4 Å². The van der Waals surface area contributed by atoms with E-state index in [0.29, 0.717) is 24.6 Å². The standard InChI is InChI=1S/C29H36FN3O2S/c1-2-20(19-34)6-9-24-16-26-29(36-24)28(35)22(17-31-26)8-5-21-7-10-27(25(30)15-21)33-14-11-23(18-33)32-12-3-4-13-32/h7,10,15-17,19-20,22-23H,2-6,8-9,11-14,18H2,1H3/t20?,22?,23-/m1/s1. The monoisotopic (exact) mass is 509 g/mol. The molecule has 1 aromatic heterocycles. The summed E-state index contributed by atoms with van der Waals surface area (Å²) in [4.78, 5) is 35.4. The molecule has 2 fully saturated rings. The van der Waals surface area contributed by atoms with Gasteiger partial charge in [-0.1, -0.05) is 13.0 Å². The Balaban J connectivity index is 1.16. The maximum absolute atomic E-state index is 15.1. The van der Waals surface area contributed by atoms with Crippen molar-refractivity contribution in [1.29, 1.82) is 0 Å². The molecule has 0 bridgehead atoms. The molecule has 3 atom stereocenters. The summed E-state index contributed by atoms with van der Waals surface area (Å²) in [5.74, 6) is -0.255.